The van der Waals surface area contributed by atoms with Crippen LogP contribution in [0.1, 0.15) is 224 Å². The topological polar surface area (TPSA) is 0 Å². The molecule has 2 heteroatoms. The molecule has 0 N–H and O–H groups in total. The Morgan fingerprint density at radius 2 is 0.475 bits per heavy atom. The normalized spacial score (nSPS) is 14.2. The van der Waals surface area contributed by atoms with E-state index in [9.17, 15) is 0 Å². The SMILES string of the molecule is CCC(P(c1ccc(C(C)(C)C)cc1C(C)(C)C)c1ccc(C(C)(C)C)cc1C(C)(C)C)P(c1ccc(C(C)(C)C)cc1C(C)(C)C)c1ccc(C(C)(C)C)cc1C(C)(C)C. The molecule has 0 amide bonds. The van der Waals surface area contributed by atoms with Gasteiger partial charge in [-0.05, 0) is 131 Å². The first-order chi connectivity index (χ1) is 27.3. The number of rotatable bonds is 7. The number of benzene rings is 4. The Labute approximate surface area is 380 Å². The van der Waals surface area contributed by atoms with Gasteiger partial charge in [0, 0.05) is 5.40 Å². The molecule has 61 heavy (non-hydrogen) atoms. The minimum atomic E-state index is -0.896. The van der Waals surface area contributed by atoms with Crippen LogP contribution in [0.3, 0.4) is 0 Å². The van der Waals surface area contributed by atoms with Gasteiger partial charge < -0.3 is 0 Å². The molecule has 4 rings (SSSR count). The number of hydrogen-bond acceptors (Lipinski definition) is 0. The highest BCUT2D eigenvalue weighted by Gasteiger charge is 2.42. The van der Waals surface area contributed by atoms with Crippen LogP contribution < -0.4 is 21.2 Å². The smallest absolute Gasteiger partial charge is 0.0152 e. The summed E-state index contributed by atoms with van der Waals surface area (Å²) in [7, 11) is -1.79. The first-order valence-electron chi connectivity index (χ1n) is 23.5. The van der Waals surface area contributed by atoms with E-state index < -0.39 is 15.8 Å². The minimum absolute atomic E-state index is 0.0404. The zero-order valence-electron chi connectivity index (χ0n) is 44.1. The van der Waals surface area contributed by atoms with E-state index in [1.807, 2.05) is 0 Å². The summed E-state index contributed by atoms with van der Waals surface area (Å²) >= 11 is 0. The summed E-state index contributed by atoms with van der Waals surface area (Å²) in [6.45, 7) is 60.4. The van der Waals surface area contributed by atoms with Crippen molar-refractivity contribution in [2.75, 3.05) is 0 Å². The van der Waals surface area contributed by atoms with Gasteiger partial charge in [0.1, 0.15) is 0 Å². The van der Waals surface area contributed by atoms with Gasteiger partial charge in [-0.3, -0.25) is 0 Å². The Morgan fingerprint density at radius 3 is 0.607 bits per heavy atom. The summed E-state index contributed by atoms with van der Waals surface area (Å²) in [4.78, 5) is 0. The van der Waals surface area contributed by atoms with Crippen molar-refractivity contribution in [3.63, 3.8) is 0 Å². The largest absolute Gasteiger partial charge is 0.0644 e. The molecule has 0 unspecified atom stereocenters. The fraction of sp³-hybridized carbons (Fsp3) is 0.593. The third-order valence-electron chi connectivity index (χ3n) is 12.7. The Bertz CT molecular complexity index is 1850. The molecule has 0 bridgehead atoms. The van der Waals surface area contributed by atoms with Crippen molar-refractivity contribution in [1.29, 1.82) is 0 Å². The van der Waals surface area contributed by atoms with Gasteiger partial charge >= 0.3 is 0 Å². The van der Waals surface area contributed by atoms with E-state index in [-0.39, 0.29) is 43.3 Å². The summed E-state index contributed by atoms with van der Waals surface area (Å²) < 4.78 is 0. The van der Waals surface area contributed by atoms with Crippen molar-refractivity contribution in [3.8, 4) is 0 Å². The summed E-state index contributed by atoms with van der Waals surface area (Å²) in [5.74, 6) is 0. The molecule has 0 nitrogen and oxygen atoms in total. The molecule has 0 atom stereocenters. The third-order valence-corrected chi connectivity index (χ3v) is 19.6. The quantitative estimate of drug-likeness (QED) is 0.162. The molecular formula is C59H90P2. The lowest BCUT2D eigenvalue weighted by atomic mass is 9.80. The molecule has 336 valence electrons. The molecule has 0 heterocycles. The predicted molar refractivity (Wildman–Crippen MR) is 282 cm³/mol. The highest BCUT2D eigenvalue weighted by atomic mass is 31.2. The zero-order valence-corrected chi connectivity index (χ0v) is 45.9. The fourth-order valence-electron chi connectivity index (χ4n) is 8.64. The van der Waals surface area contributed by atoms with Crippen molar-refractivity contribution in [3.05, 3.63) is 117 Å². The monoisotopic (exact) mass is 861 g/mol. The van der Waals surface area contributed by atoms with E-state index in [0.29, 0.717) is 5.40 Å². The van der Waals surface area contributed by atoms with E-state index in [1.54, 1.807) is 21.2 Å². The highest BCUT2D eigenvalue weighted by Crippen LogP contribution is 2.61. The van der Waals surface area contributed by atoms with E-state index in [1.165, 1.54) is 44.5 Å². The highest BCUT2D eigenvalue weighted by molar-refractivity contribution is 7.89. The van der Waals surface area contributed by atoms with Crippen LogP contribution in [0.2, 0.25) is 0 Å². The maximum absolute atomic E-state index is 2.61. The van der Waals surface area contributed by atoms with E-state index in [0.717, 1.165) is 6.42 Å². The lowest BCUT2D eigenvalue weighted by Crippen LogP contribution is -2.37. The second-order valence-corrected chi connectivity index (χ2v) is 31.6. The second-order valence-electron chi connectivity index (χ2n) is 26.6. The van der Waals surface area contributed by atoms with Crippen molar-refractivity contribution < 1.29 is 0 Å². The molecule has 0 aliphatic rings. The fourth-order valence-corrected chi connectivity index (χ4v) is 17.2. The van der Waals surface area contributed by atoms with Gasteiger partial charge in [-0.25, -0.2) is 0 Å². The van der Waals surface area contributed by atoms with Crippen LogP contribution in [-0.4, -0.2) is 5.40 Å². The van der Waals surface area contributed by atoms with Crippen LogP contribution in [0.25, 0.3) is 0 Å². The first-order valence-corrected chi connectivity index (χ1v) is 26.3. The van der Waals surface area contributed by atoms with Crippen LogP contribution >= 0.6 is 15.8 Å². The van der Waals surface area contributed by atoms with Gasteiger partial charge in [0.05, 0.1) is 0 Å². The van der Waals surface area contributed by atoms with Crippen LogP contribution in [0.15, 0.2) is 72.8 Å². The van der Waals surface area contributed by atoms with Gasteiger partial charge in [-0.2, -0.15) is 0 Å². The van der Waals surface area contributed by atoms with Gasteiger partial charge in [-0.1, -0.05) is 246 Å². The maximum Gasteiger partial charge on any atom is 0.0152 e. The molecule has 0 fully saturated rings. The summed E-state index contributed by atoms with van der Waals surface area (Å²) in [6, 6.07) is 30.8. The average Bonchev–Trinajstić information content (AvgIpc) is 3.08. The van der Waals surface area contributed by atoms with Gasteiger partial charge in [0.15, 0.2) is 0 Å². The molecule has 0 radical (unpaired) electrons. The molecule has 4 aromatic carbocycles. The standard InChI is InChI=1S/C59H90P2/c1-26-51(60(47-31-27-39(52(2,3)4)35-43(47)56(14,15)16)48-32-28-40(53(5,6)7)36-44(48)57(17,18)19)61(49-33-29-41(54(8,9)10)37-45(49)58(20,21)22)50-34-30-42(55(11,12)13)38-46(50)59(23,24)25/h27-38,51H,26H2,1-25H3. The Kier molecular flexibility index (Phi) is 14.5. The van der Waals surface area contributed by atoms with Crippen molar-refractivity contribution in [2.24, 2.45) is 0 Å². The molecular weight excluding hydrogens is 771 g/mol. The lowest BCUT2D eigenvalue weighted by molar-refractivity contribution is 0.570. The van der Waals surface area contributed by atoms with Crippen LogP contribution in [-0.2, 0) is 43.3 Å². The molecule has 0 saturated carbocycles. The summed E-state index contributed by atoms with van der Waals surface area (Å²) in [6.07, 6.45) is 1.09. The average molecular weight is 861 g/mol. The molecule has 0 aliphatic carbocycles. The van der Waals surface area contributed by atoms with Crippen molar-refractivity contribution >= 4 is 37.1 Å². The summed E-state index contributed by atoms with van der Waals surface area (Å²) in [5.41, 5.74) is 11.8. The Balaban J connectivity index is 2.39. The van der Waals surface area contributed by atoms with Crippen LogP contribution in [0.5, 0.6) is 0 Å². The molecule has 4 aromatic rings. The Hall–Kier alpha value is -2.26. The Morgan fingerprint density at radius 1 is 0.295 bits per heavy atom. The predicted octanol–water partition coefficient (Wildman–Crippen LogP) is 16.4. The van der Waals surface area contributed by atoms with Crippen molar-refractivity contribution in [2.45, 2.75) is 228 Å². The molecule has 0 spiro atoms. The molecule has 0 saturated heterocycles. The third kappa shape index (κ3) is 11.7. The first kappa shape index (κ1) is 51.4. The molecule has 0 aliphatic heterocycles. The van der Waals surface area contributed by atoms with Crippen LogP contribution in [0, 0.1) is 0 Å². The maximum atomic E-state index is 2.61. The van der Waals surface area contributed by atoms with Gasteiger partial charge in [0.2, 0.25) is 0 Å². The zero-order chi connectivity index (χ0) is 46.9. The van der Waals surface area contributed by atoms with Gasteiger partial charge in [0.25, 0.3) is 0 Å². The van der Waals surface area contributed by atoms with Crippen molar-refractivity contribution in [1.82, 2.24) is 0 Å². The van der Waals surface area contributed by atoms with Crippen LogP contribution in [0.4, 0.5) is 0 Å². The van der Waals surface area contributed by atoms with E-state index in [2.05, 4.69) is 246 Å². The number of hydrogen-bond donors (Lipinski definition) is 0. The summed E-state index contributed by atoms with van der Waals surface area (Å²) in [5, 5.41) is 6.63. The van der Waals surface area contributed by atoms with E-state index >= 15 is 0 Å². The minimum Gasteiger partial charge on any atom is -0.0644 e. The lowest BCUT2D eigenvalue weighted by Gasteiger charge is -2.43. The second kappa shape index (κ2) is 17.3. The van der Waals surface area contributed by atoms with Gasteiger partial charge in [-0.15, -0.1) is 0 Å². The van der Waals surface area contributed by atoms with E-state index in [4.69, 9.17) is 0 Å². The molecule has 0 aromatic heterocycles.